The lowest BCUT2D eigenvalue weighted by molar-refractivity contribution is 0.324. The summed E-state index contributed by atoms with van der Waals surface area (Å²) in [5.74, 6) is 4.03. The van der Waals surface area contributed by atoms with Gasteiger partial charge < -0.3 is 29.4 Å². The molecule has 3 aromatic rings. The predicted molar refractivity (Wildman–Crippen MR) is 95.9 cm³/mol. The van der Waals surface area contributed by atoms with Crippen molar-refractivity contribution in [1.29, 1.82) is 0 Å². The number of hydrogen-bond acceptors (Lipinski definition) is 9. The number of nitrogens with one attached hydrogen (secondary N) is 2. The number of rotatable bonds is 7. The van der Waals surface area contributed by atoms with Gasteiger partial charge in [-0.25, -0.2) is 9.97 Å². The average molecular weight is 357 g/mol. The highest BCUT2D eigenvalue weighted by atomic mass is 16.5. The molecule has 136 valence electrons. The SMILES string of the molecule is COc1cc(Nc2cc(Nc3cc(C)on3)ncn2)cc(OC)c1OC. The summed E-state index contributed by atoms with van der Waals surface area (Å²) < 4.78 is 21.1. The van der Waals surface area contributed by atoms with Crippen molar-refractivity contribution in [2.24, 2.45) is 0 Å². The third-order valence-corrected chi connectivity index (χ3v) is 3.49. The molecule has 3 rings (SSSR count). The first-order valence-electron chi connectivity index (χ1n) is 7.72. The Morgan fingerprint density at radius 3 is 2.00 bits per heavy atom. The number of hydrogen-bond donors (Lipinski definition) is 2. The fourth-order valence-corrected chi connectivity index (χ4v) is 2.35. The third-order valence-electron chi connectivity index (χ3n) is 3.49. The monoisotopic (exact) mass is 357 g/mol. The fraction of sp³-hybridized carbons (Fsp3) is 0.235. The van der Waals surface area contributed by atoms with E-state index >= 15 is 0 Å². The van der Waals surface area contributed by atoms with Gasteiger partial charge >= 0.3 is 0 Å². The van der Waals surface area contributed by atoms with Crippen molar-refractivity contribution >= 4 is 23.1 Å². The highest BCUT2D eigenvalue weighted by Gasteiger charge is 2.13. The van der Waals surface area contributed by atoms with Crippen LogP contribution < -0.4 is 24.8 Å². The van der Waals surface area contributed by atoms with Crippen molar-refractivity contribution in [3.05, 3.63) is 36.4 Å². The summed E-state index contributed by atoms with van der Waals surface area (Å²) in [7, 11) is 4.68. The predicted octanol–water partition coefficient (Wildman–Crippen LogP) is 3.29. The van der Waals surface area contributed by atoms with Crippen molar-refractivity contribution in [1.82, 2.24) is 15.1 Å². The first-order chi connectivity index (χ1) is 12.6. The Kier molecular flexibility index (Phi) is 5.07. The van der Waals surface area contributed by atoms with Crippen molar-refractivity contribution in [2.75, 3.05) is 32.0 Å². The van der Waals surface area contributed by atoms with E-state index in [9.17, 15) is 0 Å². The molecule has 0 saturated carbocycles. The molecule has 0 unspecified atom stereocenters. The average Bonchev–Trinajstić information content (AvgIpc) is 3.05. The number of aryl methyl sites for hydroxylation is 1. The highest BCUT2D eigenvalue weighted by molar-refractivity contribution is 5.68. The van der Waals surface area contributed by atoms with Crippen LogP contribution in [0.4, 0.5) is 23.1 Å². The van der Waals surface area contributed by atoms with E-state index in [1.54, 1.807) is 45.6 Å². The zero-order valence-electron chi connectivity index (χ0n) is 14.9. The molecule has 9 nitrogen and oxygen atoms in total. The van der Waals surface area contributed by atoms with Gasteiger partial charge in [0.15, 0.2) is 17.3 Å². The topological polar surface area (TPSA) is 104 Å². The standard InChI is InChI=1S/C17H19N5O4/c1-10-5-16(22-26-10)21-15-8-14(18-9-19-15)20-11-6-12(23-2)17(25-4)13(7-11)24-3/h5-9H,1-4H3,(H2,18,19,20,21,22). The van der Waals surface area contributed by atoms with Gasteiger partial charge in [0.1, 0.15) is 23.7 Å². The second-order valence-electron chi connectivity index (χ2n) is 5.28. The van der Waals surface area contributed by atoms with Crippen LogP contribution in [0.3, 0.4) is 0 Å². The van der Waals surface area contributed by atoms with Crippen molar-refractivity contribution < 1.29 is 18.7 Å². The van der Waals surface area contributed by atoms with Crippen LogP contribution in [0.1, 0.15) is 5.76 Å². The normalized spacial score (nSPS) is 10.3. The van der Waals surface area contributed by atoms with Gasteiger partial charge in [-0.15, -0.1) is 0 Å². The molecular weight excluding hydrogens is 338 g/mol. The highest BCUT2D eigenvalue weighted by Crippen LogP contribution is 2.40. The lowest BCUT2D eigenvalue weighted by Crippen LogP contribution is -2.00. The fourth-order valence-electron chi connectivity index (χ4n) is 2.35. The Morgan fingerprint density at radius 2 is 1.46 bits per heavy atom. The van der Waals surface area contributed by atoms with Gasteiger partial charge in [-0.1, -0.05) is 5.16 Å². The van der Waals surface area contributed by atoms with Gasteiger partial charge in [0.25, 0.3) is 0 Å². The van der Waals surface area contributed by atoms with Gasteiger partial charge in [-0.2, -0.15) is 0 Å². The van der Waals surface area contributed by atoms with Crippen molar-refractivity contribution in [3.8, 4) is 17.2 Å². The summed E-state index contributed by atoms with van der Waals surface area (Å²) in [6.45, 7) is 1.82. The van der Waals surface area contributed by atoms with E-state index in [0.717, 1.165) is 5.69 Å². The first-order valence-corrected chi connectivity index (χ1v) is 7.72. The number of ether oxygens (including phenoxy) is 3. The number of methoxy groups -OCH3 is 3. The Balaban J connectivity index is 1.83. The molecule has 2 aromatic heterocycles. The number of benzene rings is 1. The summed E-state index contributed by atoms with van der Waals surface area (Å²) in [5, 5.41) is 10.1. The van der Waals surface area contributed by atoms with Crippen LogP contribution in [0.2, 0.25) is 0 Å². The second kappa shape index (κ2) is 7.60. The van der Waals surface area contributed by atoms with Gasteiger partial charge in [-0.05, 0) is 6.92 Å². The van der Waals surface area contributed by atoms with E-state index in [2.05, 4.69) is 25.8 Å². The molecule has 9 heteroatoms. The molecule has 2 N–H and O–H groups in total. The molecule has 1 aromatic carbocycles. The quantitative estimate of drug-likeness (QED) is 0.659. The van der Waals surface area contributed by atoms with Crippen LogP contribution in [0, 0.1) is 6.92 Å². The van der Waals surface area contributed by atoms with E-state index in [4.69, 9.17) is 18.7 Å². The number of nitrogens with zero attached hydrogens (tertiary/aromatic N) is 3. The smallest absolute Gasteiger partial charge is 0.203 e. The van der Waals surface area contributed by atoms with Crippen LogP contribution in [-0.4, -0.2) is 36.5 Å². The molecule has 26 heavy (non-hydrogen) atoms. The van der Waals surface area contributed by atoms with Crippen molar-refractivity contribution in [2.45, 2.75) is 6.92 Å². The van der Waals surface area contributed by atoms with Crippen LogP contribution in [0.5, 0.6) is 17.2 Å². The minimum absolute atomic E-state index is 0.520. The van der Waals surface area contributed by atoms with Gasteiger partial charge in [-0.3, -0.25) is 0 Å². The molecule has 0 amide bonds. The van der Waals surface area contributed by atoms with Crippen LogP contribution in [0.15, 0.2) is 35.1 Å². The molecule has 0 spiro atoms. The maximum Gasteiger partial charge on any atom is 0.203 e. The van der Waals surface area contributed by atoms with E-state index in [0.29, 0.717) is 40.5 Å². The minimum Gasteiger partial charge on any atom is -0.493 e. The van der Waals surface area contributed by atoms with E-state index in [-0.39, 0.29) is 0 Å². The molecular formula is C17H19N5O4. The molecule has 0 aliphatic heterocycles. The molecule has 2 heterocycles. The summed E-state index contributed by atoms with van der Waals surface area (Å²) in [5.41, 5.74) is 0.724. The lowest BCUT2D eigenvalue weighted by atomic mass is 10.2. The van der Waals surface area contributed by atoms with E-state index in [1.807, 2.05) is 6.92 Å². The maximum absolute atomic E-state index is 5.35. The molecule has 0 radical (unpaired) electrons. The summed E-state index contributed by atoms with van der Waals surface area (Å²) in [6.07, 6.45) is 1.44. The molecule has 0 aliphatic carbocycles. The molecule has 0 aliphatic rings. The minimum atomic E-state index is 0.520. The molecule has 0 saturated heterocycles. The Bertz CT molecular complexity index is 871. The molecule has 0 fully saturated rings. The zero-order valence-corrected chi connectivity index (χ0v) is 14.9. The van der Waals surface area contributed by atoms with E-state index in [1.165, 1.54) is 6.33 Å². The van der Waals surface area contributed by atoms with E-state index < -0.39 is 0 Å². The number of aromatic nitrogens is 3. The lowest BCUT2D eigenvalue weighted by Gasteiger charge is -2.15. The van der Waals surface area contributed by atoms with Gasteiger partial charge in [0.2, 0.25) is 5.75 Å². The van der Waals surface area contributed by atoms with Crippen molar-refractivity contribution in [3.63, 3.8) is 0 Å². The third kappa shape index (κ3) is 3.77. The number of anilines is 4. The summed E-state index contributed by atoms with van der Waals surface area (Å²) in [6, 6.07) is 7.09. The summed E-state index contributed by atoms with van der Waals surface area (Å²) >= 11 is 0. The van der Waals surface area contributed by atoms with Crippen LogP contribution in [0.25, 0.3) is 0 Å². The first kappa shape index (κ1) is 17.3. The molecule has 0 bridgehead atoms. The largest absolute Gasteiger partial charge is 0.493 e. The van der Waals surface area contributed by atoms with Gasteiger partial charge in [0, 0.05) is 30.0 Å². The Labute approximate surface area is 150 Å². The zero-order chi connectivity index (χ0) is 18.5. The van der Waals surface area contributed by atoms with Gasteiger partial charge in [0.05, 0.1) is 21.3 Å². The Hall–Kier alpha value is -3.49. The maximum atomic E-state index is 5.35. The van der Waals surface area contributed by atoms with Crippen LogP contribution >= 0.6 is 0 Å². The second-order valence-corrected chi connectivity index (χ2v) is 5.28. The van der Waals surface area contributed by atoms with Crippen LogP contribution in [-0.2, 0) is 0 Å². The summed E-state index contributed by atoms with van der Waals surface area (Å²) in [4.78, 5) is 8.38. The Morgan fingerprint density at radius 1 is 0.808 bits per heavy atom. The molecule has 0 atom stereocenters.